The molecule has 1 N–H and O–H groups in total. The number of hydrogen-bond acceptors (Lipinski definition) is 6. The molecule has 6 heteroatoms. The smallest absolute Gasteiger partial charge is 0.203 e. The lowest BCUT2D eigenvalue weighted by atomic mass is 10.2. The zero-order valence-corrected chi connectivity index (χ0v) is 12.7. The summed E-state index contributed by atoms with van der Waals surface area (Å²) in [5.74, 6) is 0.815. The molecule has 0 atom stereocenters. The number of nitrogens with zero attached hydrogens (tertiary/aromatic N) is 3. The molecule has 2 aromatic heterocycles. The Bertz CT molecular complexity index is 771. The number of ether oxygens (including phenoxy) is 1. The van der Waals surface area contributed by atoms with Crippen LogP contribution in [0.5, 0.6) is 5.75 Å². The monoisotopic (exact) mass is 310 g/mol. The number of benzene rings is 1. The number of thiazole rings is 1. The fourth-order valence-electron chi connectivity index (χ4n) is 1.85. The molecule has 0 radical (unpaired) electrons. The second kappa shape index (κ2) is 6.82. The largest absolute Gasteiger partial charge is 0.497 e. The van der Waals surface area contributed by atoms with Gasteiger partial charge in [0.1, 0.15) is 5.75 Å². The van der Waals surface area contributed by atoms with Gasteiger partial charge in [0.2, 0.25) is 5.13 Å². The molecule has 0 unspecified atom stereocenters. The van der Waals surface area contributed by atoms with E-state index in [1.807, 2.05) is 41.8 Å². The third-order valence-electron chi connectivity index (χ3n) is 2.95. The SMILES string of the molecule is COc1cccc(-c2csc(N/N=C\c3ccncc3)n2)c1. The number of hydrogen-bond donors (Lipinski definition) is 1. The lowest BCUT2D eigenvalue weighted by Crippen LogP contribution is -1.90. The number of hydrazone groups is 1. The van der Waals surface area contributed by atoms with Crippen molar-refractivity contribution in [3.05, 3.63) is 59.7 Å². The molecular weight excluding hydrogens is 296 g/mol. The summed E-state index contributed by atoms with van der Waals surface area (Å²) in [4.78, 5) is 8.47. The van der Waals surface area contributed by atoms with Crippen LogP contribution in [0.15, 0.2) is 59.3 Å². The summed E-state index contributed by atoms with van der Waals surface area (Å²) in [7, 11) is 1.65. The van der Waals surface area contributed by atoms with E-state index in [1.54, 1.807) is 25.7 Å². The van der Waals surface area contributed by atoms with E-state index in [-0.39, 0.29) is 0 Å². The molecule has 3 aromatic rings. The molecule has 5 nitrogen and oxygen atoms in total. The summed E-state index contributed by atoms with van der Waals surface area (Å²) in [5.41, 5.74) is 5.83. The summed E-state index contributed by atoms with van der Waals surface area (Å²) < 4.78 is 5.23. The van der Waals surface area contributed by atoms with Gasteiger partial charge >= 0.3 is 0 Å². The zero-order valence-electron chi connectivity index (χ0n) is 11.9. The van der Waals surface area contributed by atoms with Crippen molar-refractivity contribution in [2.75, 3.05) is 12.5 Å². The molecule has 110 valence electrons. The highest BCUT2D eigenvalue weighted by Crippen LogP contribution is 2.27. The third kappa shape index (κ3) is 3.48. The van der Waals surface area contributed by atoms with Crippen LogP contribution in [-0.4, -0.2) is 23.3 Å². The van der Waals surface area contributed by atoms with Crippen LogP contribution in [0, 0.1) is 0 Å². The maximum Gasteiger partial charge on any atom is 0.203 e. The van der Waals surface area contributed by atoms with Crippen molar-refractivity contribution in [1.82, 2.24) is 9.97 Å². The normalized spacial score (nSPS) is 10.8. The predicted molar refractivity (Wildman–Crippen MR) is 89.6 cm³/mol. The van der Waals surface area contributed by atoms with Gasteiger partial charge in [0.25, 0.3) is 0 Å². The van der Waals surface area contributed by atoms with Gasteiger partial charge < -0.3 is 4.74 Å². The minimum Gasteiger partial charge on any atom is -0.497 e. The van der Waals surface area contributed by atoms with Crippen molar-refractivity contribution in [3.8, 4) is 17.0 Å². The fraction of sp³-hybridized carbons (Fsp3) is 0.0625. The van der Waals surface area contributed by atoms with Crippen molar-refractivity contribution in [2.24, 2.45) is 5.10 Å². The van der Waals surface area contributed by atoms with E-state index in [0.717, 1.165) is 27.7 Å². The maximum atomic E-state index is 5.23. The molecule has 22 heavy (non-hydrogen) atoms. The van der Waals surface area contributed by atoms with Crippen molar-refractivity contribution >= 4 is 22.7 Å². The molecule has 0 saturated heterocycles. The summed E-state index contributed by atoms with van der Waals surface area (Å²) in [6.07, 6.45) is 5.19. The number of rotatable bonds is 5. The average Bonchev–Trinajstić information content (AvgIpc) is 3.05. The van der Waals surface area contributed by atoms with Crippen molar-refractivity contribution in [3.63, 3.8) is 0 Å². The van der Waals surface area contributed by atoms with Crippen LogP contribution in [0.1, 0.15) is 5.56 Å². The molecule has 0 aliphatic carbocycles. The van der Waals surface area contributed by atoms with E-state index < -0.39 is 0 Å². The Morgan fingerprint density at radius 1 is 1.23 bits per heavy atom. The highest BCUT2D eigenvalue weighted by Gasteiger charge is 2.04. The lowest BCUT2D eigenvalue weighted by Gasteiger charge is -2.01. The first kappa shape index (κ1) is 14.2. The predicted octanol–water partition coefficient (Wildman–Crippen LogP) is 3.66. The van der Waals surface area contributed by atoms with Crippen LogP contribution >= 0.6 is 11.3 Å². The van der Waals surface area contributed by atoms with Gasteiger partial charge in [-0.15, -0.1) is 11.3 Å². The Balaban J connectivity index is 1.70. The van der Waals surface area contributed by atoms with Crippen LogP contribution in [-0.2, 0) is 0 Å². The van der Waals surface area contributed by atoms with Gasteiger partial charge in [-0.1, -0.05) is 12.1 Å². The first-order valence-corrected chi connectivity index (χ1v) is 7.52. The fourth-order valence-corrected chi connectivity index (χ4v) is 2.52. The van der Waals surface area contributed by atoms with Crippen molar-refractivity contribution < 1.29 is 4.74 Å². The van der Waals surface area contributed by atoms with Gasteiger partial charge in [0.05, 0.1) is 19.0 Å². The van der Waals surface area contributed by atoms with E-state index in [2.05, 4.69) is 20.5 Å². The molecule has 2 heterocycles. The molecule has 0 fully saturated rings. The highest BCUT2D eigenvalue weighted by molar-refractivity contribution is 7.14. The Hall–Kier alpha value is -2.73. The summed E-state index contributed by atoms with van der Waals surface area (Å²) in [5, 5.41) is 6.90. The molecular formula is C16H14N4OS. The third-order valence-corrected chi connectivity index (χ3v) is 3.70. The summed E-state index contributed by atoms with van der Waals surface area (Å²) in [6.45, 7) is 0. The molecule has 3 rings (SSSR count). The second-order valence-corrected chi connectivity index (χ2v) is 5.28. The Kier molecular flexibility index (Phi) is 4.41. The van der Waals surface area contributed by atoms with Gasteiger partial charge in [-0.05, 0) is 29.8 Å². The summed E-state index contributed by atoms with van der Waals surface area (Å²) in [6, 6.07) is 11.6. The van der Waals surface area contributed by atoms with Crippen LogP contribution < -0.4 is 10.2 Å². The number of anilines is 1. The van der Waals surface area contributed by atoms with E-state index in [9.17, 15) is 0 Å². The number of nitrogens with one attached hydrogen (secondary N) is 1. The molecule has 0 saturated carbocycles. The van der Waals surface area contributed by atoms with E-state index in [4.69, 9.17) is 4.74 Å². The quantitative estimate of drug-likeness (QED) is 0.577. The van der Waals surface area contributed by atoms with E-state index in [1.165, 1.54) is 11.3 Å². The summed E-state index contributed by atoms with van der Waals surface area (Å²) >= 11 is 1.50. The highest BCUT2D eigenvalue weighted by atomic mass is 32.1. The minimum absolute atomic E-state index is 0.739. The molecule has 0 bridgehead atoms. The van der Waals surface area contributed by atoms with Crippen LogP contribution in [0.2, 0.25) is 0 Å². The Morgan fingerprint density at radius 3 is 2.91 bits per heavy atom. The second-order valence-electron chi connectivity index (χ2n) is 4.42. The molecule has 1 aromatic carbocycles. The topological polar surface area (TPSA) is 59.4 Å². The molecule has 0 spiro atoms. The average molecular weight is 310 g/mol. The Morgan fingerprint density at radius 2 is 2.09 bits per heavy atom. The zero-order chi connectivity index (χ0) is 15.2. The van der Waals surface area contributed by atoms with Crippen LogP contribution in [0.4, 0.5) is 5.13 Å². The van der Waals surface area contributed by atoms with E-state index >= 15 is 0 Å². The van der Waals surface area contributed by atoms with Crippen molar-refractivity contribution in [1.29, 1.82) is 0 Å². The lowest BCUT2D eigenvalue weighted by molar-refractivity contribution is 0.415. The molecule has 0 aliphatic heterocycles. The van der Waals surface area contributed by atoms with E-state index in [0.29, 0.717) is 0 Å². The standard InChI is InChI=1S/C16H14N4OS/c1-21-14-4-2-3-13(9-14)15-11-22-16(19-15)20-18-10-12-5-7-17-8-6-12/h2-11H,1H3,(H,19,20)/b18-10-. The van der Waals surface area contributed by atoms with Gasteiger partial charge in [0, 0.05) is 23.3 Å². The minimum atomic E-state index is 0.739. The van der Waals surface area contributed by atoms with Crippen molar-refractivity contribution in [2.45, 2.75) is 0 Å². The van der Waals surface area contributed by atoms with Gasteiger partial charge in [0.15, 0.2) is 0 Å². The number of methoxy groups -OCH3 is 1. The van der Waals surface area contributed by atoms with Gasteiger partial charge in [-0.3, -0.25) is 10.4 Å². The van der Waals surface area contributed by atoms with Gasteiger partial charge in [-0.25, -0.2) is 4.98 Å². The van der Waals surface area contributed by atoms with Crippen LogP contribution in [0.3, 0.4) is 0 Å². The van der Waals surface area contributed by atoms with Crippen LogP contribution in [0.25, 0.3) is 11.3 Å². The Labute approximate surface area is 132 Å². The first-order chi connectivity index (χ1) is 10.8. The number of aromatic nitrogens is 2. The van der Waals surface area contributed by atoms with Gasteiger partial charge in [-0.2, -0.15) is 5.10 Å². The molecule has 0 amide bonds. The molecule has 0 aliphatic rings. The maximum absolute atomic E-state index is 5.23. The number of pyridine rings is 1. The first-order valence-electron chi connectivity index (χ1n) is 6.64.